The number of hydrogen-bond acceptors (Lipinski definition) is 5. The number of nitrogens with zero attached hydrogens (tertiary/aromatic N) is 1. The minimum Gasteiger partial charge on any atom is -0.462 e. The summed E-state index contributed by atoms with van der Waals surface area (Å²) in [5, 5.41) is 0.463. The van der Waals surface area contributed by atoms with Gasteiger partial charge < -0.3 is 9.15 Å². The lowest BCUT2D eigenvalue weighted by Crippen LogP contribution is -2.29. The van der Waals surface area contributed by atoms with Crippen molar-refractivity contribution < 1.29 is 23.1 Å². The van der Waals surface area contributed by atoms with Gasteiger partial charge in [-0.3, -0.25) is 14.5 Å². The molecule has 170 valence electrons. The van der Waals surface area contributed by atoms with Crippen LogP contribution >= 0.6 is 11.6 Å². The Morgan fingerprint density at radius 3 is 2.56 bits per heavy atom. The number of anilines is 1. The van der Waals surface area contributed by atoms with Gasteiger partial charge in [0.15, 0.2) is 5.43 Å². The Labute approximate surface area is 198 Å². The maximum absolute atomic E-state index is 13.9. The van der Waals surface area contributed by atoms with Crippen LogP contribution in [0.3, 0.4) is 0 Å². The monoisotopic (exact) mass is 477 g/mol. The van der Waals surface area contributed by atoms with Gasteiger partial charge in [-0.2, -0.15) is 0 Å². The number of carbonyl (C=O) groups excluding carboxylic acids is 2. The van der Waals surface area contributed by atoms with Crippen LogP contribution in [0.5, 0.6) is 0 Å². The molecule has 1 aliphatic heterocycles. The molecule has 0 saturated carbocycles. The molecule has 0 saturated heterocycles. The van der Waals surface area contributed by atoms with Crippen LogP contribution in [-0.2, 0) is 4.74 Å². The van der Waals surface area contributed by atoms with Crippen molar-refractivity contribution in [2.24, 2.45) is 0 Å². The molecule has 1 unspecified atom stereocenters. The summed E-state index contributed by atoms with van der Waals surface area (Å²) < 4.78 is 24.7. The lowest BCUT2D eigenvalue weighted by molar-refractivity contribution is 0.0526. The SMILES string of the molecule is CCOC(=O)c1ccc(N2C(=O)c3oc4ccc(F)cc4c(=O)c3C2c2cccc(Cl)c2)cc1. The van der Waals surface area contributed by atoms with Crippen molar-refractivity contribution in [1.29, 1.82) is 0 Å². The predicted octanol–water partition coefficient (Wildman–Crippen LogP) is 5.51. The van der Waals surface area contributed by atoms with E-state index in [1.807, 2.05) is 0 Å². The molecule has 8 heteroatoms. The third-order valence-electron chi connectivity index (χ3n) is 5.65. The summed E-state index contributed by atoms with van der Waals surface area (Å²) in [6.45, 7) is 1.95. The molecule has 2 heterocycles. The number of amides is 1. The highest BCUT2D eigenvalue weighted by Gasteiger charge is 2.43. The molecule has 0 radical (unpaired) electrons. The zero-order valence-electron chi connectivity index (χ0n) is 17.9. The van der Waals surface area contributed by atoms with Crippen molar-refractivity contribution in [3.8, 4) is 0 Å². The lowest BCUT2D eigenvalue weighted by atomic mass is 9.98. The summed E-state index contributed by atoms with van der Waals surface area (Å²) >= 11 is 6.22. The molecule has 1 amide bonds. The predicted molar refractivity (Wildman–Crippen MR) is 125 cm³/mol. The van der Waals surface area contributed by atoms with Crippen LogP contribution in [0.4, 0.5) is 10.1 Å². The van der Waals surface area contributed by atoms with Crippen molar-refractivity contribution in [3.63, 3.8) is 0 Å². The van der Waals surface area contributed by atoms with E-state index in [9.17, 15) is 18.8 Å². The Hall–Kier alpha value is -3.97. The second kappa shape index (κ2) is 8.43. The maximum atomic E-state index is 13.9. The number of ether oxygens (including phenoxy) is 1. The number of benzene rings is 3. The van der Waals surface area contributed by atoms with Crippen molar-refractivity contribution >= 4 is 40.1 Å². The summed E-state index contributed by atoms with van der Waals surface area (Å²) in [5.74, 6) is -1.73. The average Bonchev–Trinajstić information content (AvgIpc) is 3.12. The molecule has 0 bridgehead atoms. The normalized spacial score (nSPS) is 15.0. The van der Waals surface area contributed by atoms with Gasteiger partial charge in [0, 0.05) is 10.7 Å². The second-order valence-electron chi connectivity index (χ2n) is 7.71. The Balaban J connectivity index is 1.71. The molecule has 4 aromatic rings. The third kappa shape index (κ3) is 3.54. The Morgan fingerprint density at radius 1 is 1.09 bits per heavy atom. The quantitative estimate of drug-likeness (QED) is 0.362. The first-order chi connectivity index (χ1) is 16.4. The van der Waals surface area contributed by atoms with Gasteiger partial charge in [0.2, 0.25) is 5.76 Å². The third-order valence-corrected chi connectivity index (χ3v) is 5.89. The van der Waals surface area contributed by atoms with Crippen LogP contribution in [0.1, 0.15) is 45.0 Å². The van der Waals surface area contributed by atoms with Gasteiger partial charge in [-0.1, -0.05) is 23.7 Å². The van der Waals surface area contributed by atoms with Gasteiger partial charge >= 0.3 is 5.97 Å². The fourth-order valence-corrected chi connectivity index (χ4v) is 4.37. The molecule has 1 atom stereocenters. The molecular formula is C26H17ClFNO5. The second-order valence-corrected chi connectivity index (χ2v) is 8.15. The number of halogens is 2. The number of carbonyl (C=O) groups is 2. The van der Waals surface area contributed by atoms with E-state index in [1.165, 1.54) is 11.0 Å². The highest BCUT2D eigenvalue weighted by molar-refractivity contribution is 6.30. The zero-order valence-corrected chi connectivity index (χ0v) is 18.6. The van der Waals surface area contributed by atoms with Crippen molar-refractivity contribution in [2.45, 2.75) is 13.0 Å². The molecule has 5 rings (SSSR count). The zero-order chi connectivity index (χ0) is 24.0. The number of fused-ring (bicyclic) bond motifs is 2. The first-order valence-electron chi connectivity index (χ1n) is 10.5. The molecule has 1 aliphatic rings. The maximum Gasteiger partial charge on any atom is 0.338 e. The molecular weight excluding hydrogens is 461 g/mol. The van der Waals surface area contributed by atoms with Gasteiger partial charge in [-0.05, 0) is 67.1 Å². The molecule has 0 N–H and O–H groups in total. The molecule has 6 nitrogen and oxygen atoms in total. The lowest BCUT2D eigenvalue weighted by Gasteiger charge is -2.25. The minimum absolute atomic E-state index is 0.0399. The van der Waals surface area contributed by atoms with E-state index in [-0.39, 0.29) is 28.9 Å². The summed E-state index contributed by atoms with van der Waals surface area (Å²) in [6.07, 6.45) is 0. The fourth-order valence-electron chi connectivity index (χ4n) is 4.18. The van der Waals surface area contributed by atoms with Crippen LogP contribution in [0.2, 0.25) is 5.02 Å². The van der Waals surface area contributed by atoms with E-state index in [2.05, 4.69) is 0 Å². The van der Waals surface area contributed by atoms with E-state index in [1.54, 1.807) is 55.5 Å². The van der Waals surface area contributed by atoms with E-state index < -0.39 is 29.2 Å². The number of rotatable bonds is 4. The Kier molecular flexibility index (Phi) is 5.42. The molecule has 34 heavy (non-hydrogen) atoms. The molecule has 1 aromatic heterocycles. The van der Waals surface area contributed by atoms with Crippen molar-refractivity contribution in [2.75, 3.05) is 11.5 Å². The highest BCUT2D eigenvalue weighted by Crippen LogP contribution is 2.41. The van der Waals surface area contributed by atoms with Crippen LogP contribution < -0.4 is 10.3 Å². The molecule has 0 aliphatic carbocycles. The van der Waals surface area contributed by atoms with Crippen LogP contribution in [0.15, 0.2) is 75.9 Å². The van der Waals surface area contributed by atoms with Crippen molar-refractivity contribution in [1.82, 2.24) is 0 Å². The number of hydrogen-bond donors (Lipinski definition) is 0. The first kappa shape index (κ1) is 21.9. The van der Waals surface area contributed by atoms with Gasteiger partial charge in [-0.15, -0.1) is 0 Å². The van der Waals surface area contributed by atoms with Gasteiger partial charge in [0.1, 0.15) is 11.4 Å². The topological polar surface area (TPSA) is 76.8 Å². The van der Waals surface area contributed by atoms with E-state index >= 15 is 0 Å². The van der Waals surface area contributed by atoms with E-state index in [0.717, 1.165) is 12.1 Å². The summed E-state index contributed by atoms with van der Waals surface area (Å²) in [6, 6.07) is 15.8. The standard InChI is InChI=1S/C26H17ClFNO5/c1-2-33-26(32)14-6-9-18(10-7-14)29-22(15-4-3-5-16(27)12-15)21-23(30)19-13-17(28)8-11-20(19)34-24(21)25(29)31/h3-13,22H,2H2,1H3. The molecule has 0 fully saturated rings. The average molecular weight is 478 g/mol. The minimum atomic E-state index is -0.862. The summed E-state index contributed by atoms with van der Waals surface area (Å²) in [4.78, 5) is 40.5. The first-order valence-corrected chi connectivity index (χ1v) is 10.9. The Morgan fingerprint density at radius 2 is 1.85 bits per heavy atom. The van der Waals surface area contributed by atoms with Gasteiger partial charge in [0.25, 0.3) is 5.91 Å². The Bertz CT molecular complexity index is 1510. The summed E-state index contributed by atoms with van der Waals surface area (Å²) in [5.41, 5.74) is 1.05. The molecule has 0 spiro atoms. The van der Waals surface area contributed by atoms with E-state index in [4.69, 9.17) is 20.8 Å². The number of esters is 1. The van der Waals surface area contributed by atoms with Gasteiger partial charge in [-0.25, -0.2) is 9.18 Å². The van der Waals surface area contributed by atoms with Crippen molar-refractivity contribution in [3.05, 3.63) is 110 Å². The van der Waals surface area contributed by atoms with Crippen LogP contribution in [-0.4, -0.2) is 18.5 Å². The summed E-state index contributed by atoms with van der Waals surface area (Å²) in [7, 11) is 0. The molecule has 3 aromatic carbocycles. The highest BCUT2D eigenvalue weighted by atomic mass is 35.5. The van der Waals surface area contributed by atoms with Gasteiger partial charge in [0.05, 0.1) is 29.2 Å². The smallest absolute Gasteiger partial charge is 0.338 e. The van der Waals surface area contributed by atoms with Crippen LogP contribution in [0, 0.1) is 5.82 Å². The largest absolute Gasteiger partial charge is 0.462 e. The van der Waals surface area contributed by atoms with Crippen LogP contribution in [0.25, 0.3) is 11.0 Å². The fraction of sp³-hybridized carbons (Fsp3) is 0.115. The van der Waals surface area contributed by atoms with E-state index in [0.29, 0.717) is 21.8 Å².